The van der Waals surface area contributed by atoms with Crippen LogP contribution in [0.5, 0.6) is 5.75 Å². The Balaban J connectivity index is 1.52. The van der Waals surface area contributed by atoms with Crippen molar-refractivity contribution < 1.29 is 9.47 Å². The first-order chi connectivity index (χ1) is 14.3. The van der Waals surface area contributed by atoms with E-state index in [9.17, 15) is 0 Å². The summed E-state index contributed by atoms with van der Waals surface area (Å²) in [6.45, 7) is 9.38. The molecule has 0 spiro atoms. The van der Waals surface area contributed by atoms with Crippen LogP contribution in [0.4, 0.5) is 0 Å². The SMILES string of the molecule is CCNC(=NCc1ccccc1CN1CCOCC1)NCCOc1ccccc1. The molecular weight excluding hydrogens is 364 g/mol. The molecule has 0 aliphatic carbocycles. The zero-order valence-corrected chi connectivity index (χ0v) is 17.3. The van der Waals surface area contributed by atoms with E-state index in [1.165, 1.54) is 11.1 Å². The summed E-state index contributed by atoms with van der Waals surface area (Å²) in [5.74, 6) is 1.69. The Kier molecular flexibility index (Phi) is 8.82. The molecule has 6 heteroatoms. The van der Waals surface area contributed by atoms with Gasteiger partial charge in [-0.05, 0) is 30.2 Å². The van der Waals surface area contributed by atoms with Gasteiger partial charge in [-0.3, -0.25) is 4.90 Å². The first kappa shape index (κ1) is 21.1. The zero-order valence-electron chi connectivity index (χ0n) is 17.3. The van der Waals surface area contributed by atoms with Gasteiger partial charge in [0, 0.05) is 26.2 Å². The van der Waals surface area contributed by atoms with Gasteiger partial charge in [-0.15, -0.1) is 0 Å². The minimum Gasteiger partial charge on any atom is -0.492 e. The molecule has 2 aromatic carbocycles. The van der Waals surface area contributed by atoms with Gasteiger partial charge in [0.15, 0.2) is 5.96 Å². The van der Waals surface area contributed by atoms with Crippen LogP contribution < -0.4 is 15.4 Å². The fourth-order valence-electron chi connectivity index (χ4n) is 3.23. The number of rotatable bonds is 9. The van der Waals surface area contributed by atoms with Crippen LogP contribution in [0.1, 0.15) is 18.1 Å². The van der Waals surface area contributed by atoms with Crippen LogP contribution >= 0.6 is 0 Å². The van der Waals surface area contributed by atoms with E-state index >= 15 is 0 Å². The highest BCUT2D eigenvalue weighted by Crippen LogP contribution is 2.14. The Hall–Kier alpha value is -2.57. The van der Waals surface area contributed by atoms with Gasteiger partial charge in [0.2, 0.25) is 0 Å². The van der Waals surface area contributed by atoms with Gasteiger partial charge in [0.1, 0.15) is 12.4 Å². The average molecular weight is 397 g/mol. The third-order valence-corrected chi connectivity index (χ3v) is 4.77. The number of guanidine groups is 1. The highest BCUT2D eigenvalue weighted by Gasteiger charge is 2.12. The number of hydrogen-bond acceptors (Lipinski definition) is 4. The van der Waals surface area contributed by atoms with E-state index in [-0.39, 0.29) is 0 Å². The molecule has 0 unspecified atom stereocenters. The summed E-state index contributed by atoms with van der Waals surface area (Å²) in [6.07, 6.45) is 0. The summed E-state index contributed by atoms with van der Waals surface area (Å²) < 4.78 is 11.2. The second-order valence-electron chi connectivity index (χ2n) is 6.94. The lowest BCUT2D eigenvalue weighted by Crippen LogP contribution is -2.39. The van der Waals surface area contributed by atoms with Gasteiger partial charge in [-0.2, -0.15) is 0 Å². The smallest absolute Gasteiger partial charge is 0.191 e. The highest BCUT2D eigenvalue weighted by molar-refractivity contribution is 5.79. The molecule has 0 aromatic heterocycles. The Morgan fingerprint density at radius 3 is 2.48 bits per heavy atom. The van der Waals surface area contributed by atoms with Crippen molar-refractivity contribution in [2.75, 3.05) is 46.0 Å². The molecule has 1 aliphatic heterocycles. The van der Waals surface area contributed by atoms with Crippen LogP contribution in [0, 0.1) is 0 Å². The van der Waals surface area contributed by atoms with E-state index in [0.717, 1.165) is 51.1 Å². The molecule has 6 nitrogen and oxygen atoms in total. The van der Waals surface area contributed by atoms with Crippen LogP contribution in [0.25, 0.3) is 0 Å². The van der Waals surface area contributed by atoms with E-state index in [1.54, 1.807) is 0 Å². The molecule has 0 bridgehead atoms. The van der Waals surface area contributed by atoms with E-state index in [1.807, 2.05) is 30.3 Å². The third-order valence-electron chi connectivity index (χ3n) is 4.77. The zero-order chi connectivity index (χ0) is 20.2. The van der Waals surface area contributed by atoms with Gasteiger partial charge in [-0.1, -0.05) is 42.5 Å². The first-order valence-electron chi connectivity index (χ1n) is 10.4. The number of hydrogen-bond donors (Lipinski definition) is 2. The van der Waals surface area contributed by atoms with Gasteiger partial charge >= 0.3 is 0 Å². The minimum absolute atomic E-state index is 0.585. The molecule has 2 aromatic rings. The van der Waals surface area contributed by atoms with Gasteiger partial charge in [0.25, 0.3) is 0 Å². The number of morpholine rings is 1. The fraction of sp³-hybridized carbons (Fsp3) is 0.435. The quantitative estimate of drug-likeness (QED) is 0.388. The molecule has 1 fully saturated rings. The number of aliphatic imine (C=N–C) groups is 1. The van der Waals surface area contributed by atoms with Gasteiger partial charge < -0.3 is 20.1 Å². The lowest BCUT2D eigenvalue weighted by Gasteiger charge is -2.27. The van der Waals surface area contributed by atoms with Gasteiger partial charge in [0.05, 0.1) is 26.3 Å². The van der Waals surface area contributed by atoms with Crippen LogP contribution in [-0.2, 0) is 17.8 Å². The van der Waals surface area contributed by atoms with Crippen molar-refractivity contribution in [2.45, 2.75) is 20.0 Å². The van der Waals surface area contributed by atoms with E-state index < -0.39 is 0 Å². The monoisotopic (exact) mass is 396 g/mol. The molecule has 29 heavy (non-hydrogen) atoms. The normalized spacial score (nSPS) is 15.1. The molecule has 1 saturated heterocycles. The van der Waals surface area contributed by atoms with Crippen LogP contribution in [-0.4, -0.2) is 56.9 Å². The van der Waals surface area contributed by atoms with Crippen molar-refractivity contribution in [3.63, 3.8) is 0 Å². The van der Waals surface area contributed by atoms with Crippen molar-refractivity contribution >= 4 is 5.96 Å². The van der Waals surface area contributed by atoms with E-state index in [2.05, 4.69) is 46.7 Å². The Labute approximate surface area is 173 Å². The van der Waals surface area contributed by atoms with Gasteiger partial charge in [-0.25, -0.2) is 4.99 Å². The molecule has 1 aliphatic rings. The number of nitrogens with one attached hydrogen (secondary N) is 2. The summed E-state index contributed by atoms with van der Waals surface area (Å²) in [6, 6.07) is 18.4. The number of para-hydroxylation sites is 1. The summed E-state index contributed by atoms with van der Waals surface area (Å²) in [5, 5.41) is 6.66. The number of benzene rings is 2. The van der Waals surface area contributed by atoms with Crippen molar-refractivity contribution in [3.05, 3.63) is 65.7 Å². The largest absolute Gasteiger partial charge is 0.492 e. The van der Waals surface area contributed by atoms with Crippen molar-refractivity contribution in [1.82, 2.24) is 15.5 Å². The van der Waals surface area contributed by atoms with E-state index in [0.29, 0.717) is 19.7 Å². The fourth-order valence-corrected chi connectivity index (χ4v) is 3.23. The standard InChI is InChI=1S/C23H32N4O2/c1-2-24-23(25-12-15-29-22-10-4-3-5-11-22)26-18-20-8-6-7-9-21(20)19-27-13-16-28-17-14-27/h3-11H,2,12-19H2,1H3,(H2,24,25,26). The summed E-state index contributed by atoms with van der Waals surface area (Å²) in [7, 11) is 0. The number of ether oxygens (including phenoxy) is 2. The van der Waals surface area contributed by atoms with Crippen LogP contribution in [0.15, 0.2) is 59.6 Å². The molecule has 0 atom stereocenters. The lowest BCUT2D eigenvalue weighted by atomic mass is 10.1. The summed E-state index contributed by atoms with van der Waals surface area (Å²) in [5.41, 5.74) is 2.60. The Morgan fingerprint density at radius 1 is 1.00 bits per heavy atom. The van der Waals surface area contributed by atoms with Crippen molar-refractivity contribution in [2.24, 2.45) is 4.99 Å². The number of nitrogens with zero attached hydrogens (tertiary/aromatic N) is 2. The Bertz CT molecular complexity index is 746. The molecule has 2 N–H and O–H groups in total. The molecule has 0 saturated carbocycles. The summed E-state index contributed by atoms with van der Waals surface area (Å²) >= 11 is 0. The highest BCUT2D eigenvalue weighted by atomic mass is 16.5. The molecule has 3 rings (SSSR count). The van der Waals surface area contributed by atoms with Crippen LogP contribution in [0.2, 0.25) is 0 Å². The molecule has 0 radical (unpaired) electrons. The lowest BCUT2D eigenvalue weighted by molar-refractivity contribution is 0.0341. The molecule has 0 amide bonds. The molecule has 1 heterocycles. The predicted molar refractivity (Wildman–Crippen MR) is 117 cm³/mol. The minimum atomic E-state index is 0.585. The Morgan fingerprint density at radius 2 is 1.72 bits per heavy atom. The average Bonchev–Trinajstić information content (AvgIpc) is 2.77. The van der Waals surface area contributed by atoms with Crippen molar-refractivity contribution in [1.29, 1.82) is 0 Å². The summed E-state index contributed by atoms with van der Waals surface area (Å²) in [4.78, 5) is 7.22. The molecule has 156 valence electrons. The topological polar surface area (TPSA) is 58.1 Å². The van der Waals surface area contributed by atoms with E-state index in [4.69, 9.17) is 14.5 Å². The maximum atomic E-state index is 5.74. The molecular formula is C23H32N4O2. The second-order valence-corrected chi connectivity index (χ2v) is 6.94. The first-order valence-corrected chi connectivity index (χ1v) is 10.4. The second kappa shape index (κ2) is 12.1. The predicted octanol–water partition coefficient (Wildman–Crippen LogP) is 2.65. The third kappa shape index (κ3) is 7.40. The van der Waals surface area contributed by atoms with Crippen LogP contribution in [0.3, 0.4) is 0 Å². The van der Waals surface area contributed by atoms with Crippen molar-refractivity contribution in [3.8, 4) is 5.75 Å². The maximum Gasteiger partial charge on any atom is 0.191 e. The maximum absolute atomic E-state index is 5.74.